The van der Waals surface area contributed by atoms with E-state index in [2.05, 4.69) is 16.8 Å². The molecule has 0 aliphatic carbocycles. The van der Waals surface area contributed by atoms with Gasteiger partial charge in [0.1, 0.15) is 6.61 Å². The predicted molar refractivity (Wildman–Crippen MR) is 88.5 cm³/mol. The molecule has 128 valence electrons. The number of thiazole rings is 1. The first-order valence-corrected chi connectivity index (χ1v) is 8.92. The van der Waals surface area contributed by atoms with Crippen molar-refractivity contribution >= 4 is 17.2 Å². The van der Waals surface area contributed by atoms with Crippen molar-refractivity contribution in [2.75, 3.05) is 40.4 Å². The second-order valence-electron chi connectivity index (χ2n) is 6.74. The molecule has 2 fully saturated rings. The van der Waals surface area contributed by atoms with E-state index in [1.165, 1.54) is 4.88 Å². The molecule has 2 atom stereocenters. The third kappa shape index (κ3) is 3.91. The van der Waals surface area contributed by atoms with Crippen molar-refractivity contribution in [2.45, 2.75) is 38.0 Å². The summed E-state index contributed by atoms with van der Waals surface area (Å²) in [4.78, 5) is 21.3. The van der Waals surface area contributed by atoms with Crippen molar-refractivity contribution in [1.82, 2.24) is 14.8 Å². The van der Waals surface area contributed by atoms with E-state index in [0.29, 0.717) is 6.61 Å². The molecule has 0 saturated carbocycles. The van der Waals surface area contributed by atoms with Crippen molar-refractivity contribution in [3.05, 3.63) is 16.1 Å². The summed E-state index contributed by atoms with van der Waals surface area (Å²) in [6.45, 7) is 5.73. The van der Waals surface area contributed by atoms with Gasteiger partial charge >= 0.3 is 0 Å². The monoisotopic (exact) mass is 339 g/mol. The van der Waals surface area contributed by atoms with Gasteiger partial charge < -0.3 is 14.4 Å². The molecule has 0 bridgehead atoms. The van der Waals surface area contributed by atoms with Gasteiger partial charge in [0.15, 0.2) is 0 Å². The third-order valence-corrected chi connectivity index (χ3v) is 5.64. The van der Waals surface area contributed by atoms with Crippen LogP contribution in [0.1, 0.15) is 23.4 Å². The van der Waals surface area contributed by atoms with E-state index in [4.69, 9.17) is 9.47 Å². The van der Waals surface area contributed by atoms with Gasteiger partial charge in [0, 0.05) is 45.0 Å². The van der Waals surface area contributed by atoms with Gasteiger partial charge in [0.25, 0.3) is 0 Å². The smallest absolute Gasteiger partial charge is 0.248 e. The molecule has 1 aromatic heterocycles. The zero-order valence-corrected chi connectivity index (χ0v) is 14.9. The van der Waals surface area contributed by atoms with Gasteiger partial charge in [-0.25, -0.2) is 4.98 Å². The fourth-order valence-corrected chi connectivity index (χ4v) is 4.07. The number of hydrogen-bond acceptors (Lipinski definition) is 6. The van der Waals surface area contributed by atoms with Crippen LogP contribution in [0, 0.1) is 6.92 Å². The Morgan fingerprint density at radius 1 is 1.61 bits per heavy atom. The maximum atomic E-state index is 11.6. The van der Waals surface area contributed by atoms with Crippen LogP contribution in [0.15, 0.2) is 5.51 Å². The van der Waals surface area contributed by atoms with Crippen LogP contribution < -0.4 is 0 Å². The maximum absolute atomic E-state index is 11.6. The molecule has 3 rings (SSSR count). The molecule has 0 unspecified atom stereocenters. The van der Waals surface area contributed by atoms with Gasteiger partial charge in [0.05, 0.1) is 29.5 Å². The SMILES string of the molecule is Cc1ncsc1CN1CC[C@]2(C[C@@H](OCC(=O)N(C)C)CO2)C1. The Labute approximate surface area is 141 Å². The van der Waals surface area contributed by atoms with Crippen LogP contribution in [0.4, 0.5) is 0 Å². The van der Waals surface area contributed by atoms with Crippen LogP contribution >= 0.6 is 11.3 Å². The van der Waals surface area contributed by atoms with E-state index in [0.717, 1.165) is 38.2 Å². The average molecular weight is 339 g/mol. The Bertz CT molecular complexity index is 563. The zero-order chi connectivity index (χ0) is 16.4. The molecule has 1 spiro atoms. The number of ether oxygens (including phenoxy) is 2. The molecule has 0 N–H and O–H groups in total. The summed E-state index contributed by atoms with van der Waals surface area (Å²) in [5, 5.41) is 0. The quantitative estimate of drug-likeness (QED) is 0.809. The lowest BCUT2D eigenvalue weighted by Gasteiger charge is -2.23. The Hall–Kier alpha value is -1.02. The van der Waals surface area contributed by atoms with Crippen LogP contribution in [0.5, 0.6) is 0 Å². The highest BCUT2D eigenvalue weighted by atomic mass is 32.1. The summed E-state index contributed by atoms with van der Waals surface area (Å²) in [5.41, 5.74) is 2.95. The Morgan fingerprint density at radius 3 is 3.13 bits per heavy atom. The lowest BCUT2D eigenvalue weighted by atomic mass is 9.98. The number of carbonyl (C=O) groups excluding carboxylic acids is 1. The van der Waals surface area contributed by atoms with E-state index >= 15 is 0 Å². The van der Waals surface area contributed by atoms with Crippen LogP contribution in [0.3, 0.4) is 0 Å². The number of rotatable bonds is 5. The van der Waals surface area contributed by atoms with E-state index in [9.17, 15) is 4.79 Å². The minimum atomic E-state index is -0.0928. The first kappa shape index (κ1) is 16.8. The summed E-state index contributed by atoms with van der Waals surface area (Å²) in [5.74, 6) is -0.000306. The van der Waals surface area contributed by atoms with Crippen LogP contribution in [-0.2, 0) is 20.8 Å². The van der Waals surface area contributed by atoms with Gasteiger partial charge in [-0.3, -0.25) is 9.69 Å². The number of likely N-dealkylation sites (N-methyl/N-ethyl adjacent to an activating group) is 1. The minimum Gasteiger partial charge on any atom is -0.371 e. The fourth-order valence-electron chi connectivity index (χ4n) is 3.26. The molecule has 23 heavy (non-hydrogen) atoms. The van der Waals surface area contributed by atoms with Crippen molar-refractivity contribution in [3.8, 4) is 0 Å². The number of aromatic nitrogens is 1. The van der Waals surface area contributed by atoms with Gasteiger partial charge in [-0.15, -0.1) is 11.3 Å². The molecule has 2 aliphatic rings. The largest absolute Gasteiger partial charge is 0.371 e. The third-order valence-electron chi connectivity index (χ3n) is 4.72. The highest BCUT2D eigenvalue weighted by Crippen LogP contribution is 2.37. The lowest BCUT2D eigenvalue weighted by molar-refractivity contribution is -0.135. The summed E-state index contributed by atoms with van der Waals surface area (Å²) in [6.07, 6.45) is 1.95. The summed E-state index contributed by atoms with van der Waals surface area (Å²) in [6, 6.07) is 0. The molecular formula is C16H25N3O3S. The molecule has 6 nitrogen and oxygen atoms in total. The Balaban J connectivity index is 1.48. The van der Waals surface area contributed by atoms with Crippen LogP contribution in [0.2, 0.25) is 0 Å². The second-order valence-corrected chi connectivity index (χ2v) is 7.68. The van der Waals surface area contributed by atoms with Gasteiger partial charge in [0.2, 0.25) is 5.91 Å². The highest BCUT2D eigenvalue weighted by molar-refractivity contribution is 7.09. The zero-order valence-electron chi connectivity index (χ0n) is 14.1. The Kier molecular flexibility index (Phi) is 5.01. The van der Waals surface area contributed by atoms with Crippen molar-refractivity contribution in [1.29, 1.82) is 0 Å². The maximum Gasteiger partial charge on any atom is 0.248 e. The first-order chi connectivity index (χ1) is 11.0. The van der Waals surface area contributed by atoms with Crippen molar-refractivity contribution in [2.24, 2.45) is 0 Å². The fraction of sp³-hybridized carbons (Fsp3) is 0.750. The predicted octanol–water partition coefficient (Wildman–Crippen LogP) is 1.29. The summed E-state index contributed by atoms with van der Waals surface area (Å²) in [7, 11) is 3.49. The van der Waals surface area contributed by atoms with E-state index < -0.39 is 0 Å². The minimum absolute atomic E-state index is 0.000306. The number of likely N-dealkylation sites (tertiary alicyclic amines) is 1. The van der Waals surface area contributed by atoms with E-state index in [1.54, 1.807) is 30.3 Å². The molecule has 7 heteroatoms. The van der Waals surface area contributed by atoms with E-state index in [1.807, 2.05) is 5.51 Å². The van der Waals surface area contributed by atoms with E-state index in [-0.39, 0.29) is 24.2 Å². The number of carbonyl (C=O) groups is 1. The number of nitrogens with zero attached hydrogens (tertiary/aromatic N) is 3. The lowest BCUT2D eigenvalue weighted by Crippen LogP contribution is -2.33. The summed E-state index contributed by atoms with van der Waals surface area (Å²) >= 11 is 1.72. The Morgan fingerprint density at radius 2 is 2.43 bits per heavy atom. The average Bonchev–Trinajstić information content (AvgIpc) is 3.21. The van der Waals surface area contributed by atoms with Crippen molar-refractivity contribution < 1.29 is 14.3 Å². The van der Waals surface area contributed by atoms with Gasteiger partial charge in [-0.2, -0.15) is 0 Å². The molecule has 2 saturated heterocycles. The van der Waals surface area contributed by atoms with Gasteiger partial charge in [-0.1, -0.05) is 0 Å². The number of hydrogen-bond donors (Lipinski definition) is 0. The molecule has 3 heterocycles. The second kappa shape index (κ2) is 6.84. The molecule has 1 aromatic rings. The van der Waals surface area contributed by atoms with Crippen LogP contribution in [0.25, 0.3) is 0 Å². The normalized spacial score (nSPS) is 27.9. The molecule has 0 aromatic carbocycles. The van der Waals surface area contributed by atoms with Gasteiger partial charge in [-0.05, 0) is 13.3 Å². The van der Waals surface area contributed by atoms with Crippen LogP contribution in [-0.4, -0.2) is 72.8 Å². The topological polar surface area (TPSA) is 54.9 Å². The molecule has 2 aliphatic heterocycles. The molecule has 1 amide bonds. The molecule has 0 radical (unpaired) electrons. The van der Waals surface area contributed by atoms with Crippen molar-refractivity contribution in [3.63, 3.8) is 0 Å². The highest BCUT2D eigenvalue weighted by Gasteiger charge is 2.46. The number of aryl methyl sites for hydroxylation is 1. The first-order valence-electron chi connectivity index (χ1n) is 8.04. The molecular weight excluding hydrogens is 314 g/mol. The summed E-state index contributed by atoms with van der Waals surface area (Å²) < 4.78 is 11.8. The standard InChI is InChI=1S/C16H25N3O3S/c1-12-14(23-11-17-12)7-19-5-4-16(10-19)6-13(8-22-16)21-9-15(20)18(2)3/h11,13H,4-10H2,1-3H3/t13-,16+/m1/s1. The number of amides is 1.